The summed E-state index contributed by atoms with van der Waals surface area (Å²) in [4.78, 5) is 18.5. The van der Waals surface area contributed by atoms with E-state index < -0.39 is 4.92 Å². The molecule has 0 unspecified atom stereocenters. The van der Waals surface area contributed by atoms with Crippen LogP contribution >= 0.6 is 0 Å². The van der Waals surface area contributed by atoms with Gasteiger partial charge in [-0.1, -0.05) is 13.0 Å². The molecule has 1 aromatic heterocycles. The van der Waals surface area contributed by atoms with E-state index in [2.05, 4.69) is 20.5 Å². The number of nitrogens with zero attached hydrogens (tertiary/aromatic N) is 3. The predicted molar refractivity (Wildman–Crippen MR) is 112 cm³/mol. The van der Waals surface area contributed by atoms with Gasteiger partial charge >= 0.3 is 5.69 Å². The first kappa shape index (κ1) is 20.1. The molecular formula is C20H23N5O4. The number of anilines is 1. The molecule has 0 aliphatic rings. The molecule has 0 saturated heterocycles. The summed E-state index contributed by atoms with van der Waals surface area (Å²) >= 11 is 0. The molecule has 1 heterocycles. The summed E-state index contributed by atoms with van der Waals surface area (Å²) in [6.45, 7) is 6.46. The third-order valence-electron chi connectivity index (χ3n) is 4.03. The number of benzene rings is 2. The fourth-order valence-corrected chi connectivity index (χ4v) is 2.77. The second kappa shape index (κ2) is 9.05. The third-order valence-corrected chi connectivity index (χ3v) is 4.03. The highest BCUT2D eigenvalue weighted by molar-refractivity contribution is 5.84. The van der Waals surface area contributed by atoms with Gasteiger partial charge in [0.2, 0.25) is 11.7 Å². The summed E-state index contributed by atoms with van der Waals surface area (Å²) in [6.07, 6.45) is 2.20. The number of nitrogens with one attached hydrogen (secondary N) is 2. The Morgan fingerprint density at radius 1 is 1.28 bits per heavy atom. The van der Waals surface area contributed by atoms with Crippen molar-refractivity contribution < 1.29 is 14.4 Å². The average molecular weight is 397 g/mol. The lowest BCUT2D eigenvalue weighted by atomic mass is 10.2. The van der Waals surface area contributed by atoms with Crippen molar-refractivity contribution in [3.63, 3.8) is 0 Å². The van der Waals surface area contributed by atoms with E-state index >= 15 is 0 Å². The number of aromatic nitrogens is 2. The summed E-state index contributed by atoms with van der Waals surface area (Å²) in [7, 11) is 0. The molecule has 2 N–H and O–H groups in total. The zero-order valence-corrected chi connectivity index (χ0v) is 16.6. The van der Waals surface area contributed by atoms with Crippen LogP contribution in [0.4, 0.5) is 11.6 Å². The van der Waals surface area contributed by atoms with Crippen molar-refractivity contribution >= 4 is 28.9 Å². The number of nitro benzene ring substituents is 1. The summed E-state index contributed by atoms with van der Waals surface area (Å²) in [5.74, 6) is 0.927. The standard InChI is InChI=1S/C20H23N5O4/c1-4-8-29-19-17(25(26)27)10-14(11-18(19)28-5-2)12-21-24-20-22-15-7-6-13(3)9-16(15)23-20/h6-7,9-12H,4-5,8H2,1-3H3,(H2,22,23,24)/b21-12-. The summed E-state index contributed by atoms with van der Waals surface area (Å²) in [5, 5.41) is 15.6. The quantitative estimate of drug-likeness (QED) is 0.314. The maximum atomic E-state index is 11.5. The highest BCUT2D eigenvalue weighted by Gasteiger charge is 2.22. The monoisotopic (exact) mass is 397 g/mol. The second-order valence-corrected chi connectivity index (χ2v) is 6.38. The molecule has 0 spiro atoms. The van der Waals surface area contributed by atoms with Gasteiger partial charge in [-0.05, 0) is 44.0 Å². The van der Waals surface area contributed by atoms with Crippen LogP contribution < -0.4 is 14.9 Å². The molecule has 3 rings (SSSR count). The number of fused-ring (bicyclic) bond motifs is 1. The van der Waals surface area contributed by atoms with E-state index in [4.69, 9.17) is 9.47 Å². The molecule has 3 aromatic rings. The molecule has 0 amide bonds. The molecule has 0 saturated carbocycles. The number of hydrazone groups is 1. The van der Waals surface area contributed by atoms with Crippen molar-refractivity contribution in [2.75, 3.05) is 18.6 Å². The zero-order valence-electron chi connectivity index (χ0n) is 16.6. The Kier molecular flexibility index (Phi) is 6.28. The molecule has 0 radical (unpaired) electrons. The van der Waals surface area contributed by atoms with Gasteiger partial charge in [0, 0.05) is 11.6 Å². The molecule has 2 aromatic carbocycles. The highest BCUT2D eigenvalue weighted by Crippen LogP contribution is 2.38. The fourth-order valence-electron chi connectivity index (χ4n) is 2.77. The number of aromatic amines is 1. The minimum atomic E-state index is -0.486. The van der Waals surface area contributed by atoms with Gasteiger partial charge in [0.15, 0.2) is 5.75 Å². The zero-order chi connectivity index (χ0) is 20.8. The molecule has 0 aliphatic heterocycles. The normalized spacial score (nSPS) is 11.1. The largest absolute Gasteiger partial charge is 0.490 e. The number of rotatable bonds is 9. The Bertz CT molecular complexity index is 1040. The van der Waals surface area contributed by atoms with Crippen LogP contribution in [-0.2, 0) is 0 Å². The topological polar surface area (TPSA) is 115 Å². The van der Waals surface area contributed by atoms with Gasteiger partial charge in [0.05, 0.1) is 35.4 Å². The first-order chi connectivity index (χ1) is 14.0. The van der Waals surface area contributed by atoms with Crippen LogP contribution in [0.5, 0.6) is 11.5 Å². The Morgan fingerprint density at radius 2 is 2.10 bits per heavy atom. The van der Waals surface area contributed by atoms with Crippen molar-refractivity contribution in [1.29, 1.82) is 0 Å². The first-order valence-corrected chi connectivity index (χ1v) is 9.35. The van der Waals surface area contributed by atoms with Gasteiger partial charge in [-0.15, -0.1) is 0 Å². The number of hydrogen-bond donors (Lipinski definition) is 2. The maximum absolute atomic E-state index is 11.5. The van der Waals surface area contributed by atoms with E-state index in [1.165, 1.54) is 12.3 Å². The van der Waals surface area contributed by atoms with Crippen LogP contribution in [0, 0.1) is 17.0 Å². The number of nitro groups is 1. The number of hydrogen-bond acceptors (Lipinski definition) is 7. The van der Waals surface area contributed by atoms with E-state index in [0.29, 0.717) is 30.5 Å². The van der Waals surface area contributed by atoms with E-state index in [1.54, 1.807) is 13.0 Å². The van der Waals surface area contributed by atoms with Crippen LogP contribution in [0.2, 0.25) is 0 Å². The van der Waals surface area contributed by atoms with Gasteiger partial charge in [-0.25, -0.2) is 10.4 Å². The van der Waals surface area contributed by atoms with Crippen LogP contribution in [-0.4, -0.2) is 34.3 Å². The van der Waals surface area contributed by atoms with Gasteiger partial charge < -0.3 is 14.5 Å². The number of ether oxygens (including phenoxy) is 2. The molecule has 29 heavy (non-hydrogen) atoms. The lowest BCUT2D eigenvalue weighted by Crippen LogP contribution is -2.04. The molecule has 9 nitrogen and oxygen atoms in total. The van der Waals surface area contributed by atoms with E-state index in [-0.39, 0.29) is 11.4 Å². The predicted octanol–water partition coefficient (Wildman–Crippen LogP) is 4.41. The molecule has 0 bridgehead atoms. The van der Waals surface area contributed by atoms with E-state index in [0.717, 1.165) is 23.0 Å². The van der Waals surface area contributed by atoms with Crippen LogP contribution in [0.3, 0.4) is 0 Å². The Hall–Kier alpha value is -3.62. The number of imidazole rings is 1. The smallest absolute Gasteiger partial charge is 0.315 e. The minimum absolute atomic E-state index is 0.136. The Morgan fingerprint density at radius 3 is 2.83 bits per heavy atom. The molecular weight excluding hydrogens is 374 g/mol. The van der Waals surface area contributed by atoms with Crippen molar-refractivity contribution in [1.82, 2.24) is 9.97 Å². The lowest BCUT2D eigenvalue weighted by molar-refractivity contribution is -0.386. The average Bonchev–Trinajstić information content (AvgIpc) is 3.08. The van der Waals surface area contributed by atoms with E-state index in [1.807, 2.05) is 32.0 Å². The fraction of sp³-hybridized carbons (Fsp3) is 0.300. The Labute approximate surface area is 167 Å². The van der Waals surface area contributed by atoms with Crippen molar-refractivity contribution in [3.05, 3.63) is 51.6 Å². The third kappa shape index (κ3) is 4.81. The van der Waals surface area contributed by atoms with E-state index in [9.17, 15) is 10.1 Å². The van der Waals surface area contributed by atoms with Crippen molar-refractivity contribution in [2.24, 2.45) is 5.10 Å². The summed E-state index contributed by atoms with van der Waals surface area (Å²) < 4.78 is 11.1. The minimum Gasteiger partial charge on any atom is -0.490 e. The van der Waals surface area contributed by atoms with Gasteiger partial charge in [0.1, 0.15) is 0 Å². The van der Waals surface area contributed by atoms with Gasteiger partial charge in [-0.2, -0.15) is 5.10 Å². The van der Waals surface area contributed by atoms with Crippen molar-refractivity contribution in [3.8, 4) is 11.5 Å². The SMILES string of the molecule is CCCOc1c(OCC)cc(/C=N\Nc2nc3ccc(C)cc3[nH]2)cc1[N+](=O)[O-]. The first-order valence-electron chi connectivity index (χ1n) is 9.35. The summed E-state index contributed by atoms with van der Waals surface area (Å²) in [5.41, 5.74) is 5.99. The van der Waals surface area contributed by atoms with Crippen LogP contribution in [0.1, 0.15) is 31.4 Å². The lowest BCUT2D eigenvalue weighted by Gasteiger charge is -2.12. The maximum Gasteiger partial charge on any atom is 0.315 e. The molecule has 152 valence electrons. The van der Waals surface area contributed by atoms with Crippen molar-refractivity contribution in [2.45, 2.75) is 27.2 Å². The Balaban J connectivity index is 1.85. The molecule has 0 fully saturated rings. The van der Waals surface area contributed by atoms with Crippen LogP contribution in [0.25, 0.3) is 11.0 Å². The second-order valence-electron chi connectivity index (χ2n) is 6.38. The number of H-pyrrole nitrogens is 1. The molecule has 0 atom stereocenters. The summed E-state index contributed by atoms with van der Waals surface area (Å²) in [6, 6.07) is 8.95. The van der Waals surface area contributed by atoms with Crippen LogP contribution in [0.15, 0.2) is 35.4 Å². The van der Waals surface area contributed by atoms with Gasteiger partial charge in [0.25, 0.3) is 0 Å². The molecule has 0 aliphatic carbocycles. The number of aryl methyl sites for hydroxylation is 1. The molecule has 9 heteroatoms. The highest BCUT2D eigenvalue weighted by atomic mass is 16.6. The van der Waals surface area contributed by atoms with Gasteiger partial charge in [-0.3, -0.25) is 10.1 Å².